The normalized spacial score (nSPS) is 26.8. The minimum atomic E-state index is -0.568. The third kappa shape index (κ3) is 1.82. The SMILES string of the molecule is Cc1cc(C)cc(C2(O)CCSC2)c1. The van der Waals surface area contributed by atoms with Crippen LogP contribution in [0.1, 0.15) is 23.1 Å². The minimum Gasteiger partial charge on any atom is -0.384 e. The highest BCUT2D eigenvalue weighted by Gasteiger charge is 2.33. The van der Waals surface area contributed by atoms with E-state index < -0.39 is 5.60 Å². The summed E-state index contributed by atoms with van der Waals surface area (Å²) in [5.74, 6) is 1.92. The molecule has 1 N–H and O–H groups in total. The molecule has 1 aromatic rings. The van der Waals surface area contributed by atoms with Crippen LogP contribution in [0.3, 0.4) is 0 Å². The Morgan fingerprint density at radius 2 is 1.86 bits per heavy atom. The predicted molar refractivity (Wildman–Crippen MR) is 61.8 cm³/mol. The summed E-state index contributed by atoms with van der Waals surface area (Å²) in [5, 5.41) is 10.4. The fourth-order valence-electron chi connectivity index (χ4n) is 2.03. The number of thioether (sulfide) groups is 1. The first-order valence-electron chi connectivity index (χ1n) is 4.99. The van der Waals surface area contributed by atoms with E-state index in [2.05, 4.69) is 32.0 Å². The summed E-state index contributed by atoms with van der Waals surface area (Å²) in [5.41, 5.74) is 3.01. The largest absolute Gasteiger partial charge is 0.384 e. The minimum absolute atomic E-state index is 0.568. The lowest BCUT2D eigenvalue weighted by atomic mass is 9.91. The molecule has 0 spiro atoms. The Bertz CT molecular complexity index is 320. The van der Waals surface area contributed by atoms with E-state index in [4.69, 9.17) is 0 Å². The van der Waals surface area contributed by atoms with Crippen LogP contribution in [0.2, 0.25) is 0 Å². The molecule has 0 amide bonds. The highest BCUT2D eigenvalue weighted by Crippen LogP contribution is 2.37. The fourth-order valence-corrected chi connectivity index (χ4v) is 3.30. The van der Waals surface area contributed by atoms with Crippen molar-refractivity contribution >= 4 is 11.8 Å². The van der Waals surface area contributed by atoms with Gasteiger partial charge in [-0.05, 0) is 31.6 Å². The molecule has 0 saturated carbocycles. The van der Waals surface area contributed by atoms with Crippen LogP contribution in [-0.4, -0.2) is 16.6 Å². The van der Waals surface area contributed by atoms with Crippen LogP contribution in [0.15, 0.2) is 18.2 Å². The Kier molecular flexibility index (Phi) is 2.58. The molecule has 1 atom stereocenters. The molecule has 0 aromatic heterocycles. The molecule has 2 heteroatoms. The summed E-state index contributed by atoms with van der Waals surface area (Å²) >= 11 is 1.84. The Morgan fingerprint density at radius 1 is 1.21 bits per heavy atom. The Morgan fingerprint density at radius 3 is 2.36 bits per heavy atom. The molecule has 1 aliphatic rings. The lowest BCUT2D eigenvalue weighted by molar-refractivity contribution is 0.0656. The molecule has 1 aromatic carbocycles. The summed E-state index contributed by atoms with van der Waals surface area (Å²) in [6, 6.07) is 6.37. The van der Waals surface area contributed by atoms with E-state index in [-0.39, 0.29) is 0 Å². The lowest BCUT2D eigenvalue weighted by Gasteiger charge is -2.22. The molecule has 76 valence electrons. The van der Waals surface area contributed by atoms with E-state index in [1.165, 1.54) is 11.1 Å². The highest BCUT2D eigenvalue weighted by atomic mass is 32.2. The van der Waals surface area contributed by atoms with Crippen molar-refractivity contribution in [1.82, 2.24) is 0 Å². The van der Waals surface area contributed by atoms with Gasteiger partial charge in [0, 0.05) is 5.75 Å². The van der Waals surface area contributed by atoms with E-state index in [1.54, 1.807) is 0 Å². The van der Waals surface area contributed by atoms with Gasteiger partial charge in [-0.15, -0.1) is 0 Å². The number of aryl methyl sites for hydroxylation is 2. The molecule has 1 nitrogen and oxygen atoms in total. The van der Waals surface area contributed by atoms with Gasteiger partial charge in [0.2, 0.25) is 0 Å². The first-order valence-corrected chi connectivity index (χ1v) is 6.14. The van der Waals surface area contributed by atoms with Gasteiger partial charge in [-0.3, -0.25) is 0 Å². The molecule has 1 heterocycles. The van der Waals surface area contributed by atoms with E-state index in [9.17, 15) is 5.11 Å². The second-order valence-corrected chi connectivity index (χ2v) is 5.32. The molecule has 0 bridgehead atoms. The van der Waals surface area contributed by atoms with Crippen molar-refractivity contribution in [2.45, 2.75) is 25.9 Å². The highest BCUT2D eigenvalue weighted by molar-refractivity contribution is 7.99. The van der Waals surface area contributed by atoms with Crippen molar-refractivity contribution < 1.29 is 5.11 Å². The van der Waals surface area contributed by atoms with Crippen molar-refractivity contribution in [3.63, 3.8) is 0 Å². The zero-order chi connectivity index (χ0) is 10.2. The first-order chi connectivity index (χ1) is 6.60. The van der Waals surface area contributed by atoms with Gasteiger partial charge in [0.05, 0.1) is 5.60 Å². The van der Waals surface area contributed by atoms with Crippen LogP contribution in [0.5, 0.6) is 0 Å². The van der Waals surface area contributed by atoms with Crippen molar-refractivity contribution in [2.24, 2.45) is 0 Å². The molecule has 0 aliphatic carbocycles. The topological polar surface area (TPSA) is 20.2 Å². The molecule has 1 aliphatic heterocycles. The number of hydrogen-bond donors (Lipinski definition) is 1. The second-order valence-electron chi connectivity index (χ2n) is 4.21. The maximum atomic E-state index is 10.4. The fraction of sp³-hybridized carbons (Fsp3) is 0.500. The van der Waals surface area contributed by atoms with Gasteiger partial charge in [0.25, 0.3) is 0 Å². The smallest absolute Gasteiger partial charge is 0.0994 e. The maximum Gasteiger partial charge on any atom is 0.0994 e. The third-order valence-electron chi connectivity index (χ3n) is 2.76. The first kappa shape index (κ1) is 10.1. The lowest BCUT2D eigenvalue weighted by Crippen LogP contribution is -2.24. The van der Waals surface area contributed by atoms with Gasteiger partial charge in [-0.1, -0.05) is 29.3 Å². The summed E-state index contributed by atoms with van der Waals surface area (Å²) in [6.07, 6.45) is 0.889. The number of rotatable bonds is 1. The summed E-state index contributed by atoms with van der Waals surface area (Å²) in [6.45, 7) is 4.17. The molecule has 0 radical (unpaired) electrons. The van der Waals surface area contributed by atoms with Gasteiger partial charge in [0.15, 0.2) is 0 Å². The van der Waals surface area contributed by atoms with Crippen LogP contribution in [0.25, 0.3) is 0 Å². The average Bonchev–Trinajstić information content (AvgIpc) is 2.52. The van der Waals surface area contributed by atoms with Crippen LogP contribution in [0, 0.1) is 13.8 Å². The van der Waals surface area contributed by atoms with Crippen LogP contribution >= 0.6 is 11.8 Å². The zero-order valence-electron chi connectivity index (χ0n) is 8.71. The molecule has 2 rings (SSSR count). The van der Waals surface area contributed by atoms with Gasteiger partial charge < -0.3 is 5.11 Å². The van der Waals surface area contributed by atoms with E-state index >= 15 is 0 Å². The predicted octanol–water partition coefficient (Wildman–Crippen LogP) is 2.63. The standard InChI is InChI=1S/C12H16OS/c1-9-5-10(2)7-11(6-9)12(13)3-4-14-8-12/h5-7,13H,3-4,8H2,1-2H3. The monoisotopic (exact) mass is 208 g/mol. The van der Waals surface area contributed by atoms with Gasteiger partial charge in [-0.2, -0.15) is 11.8 Å². The van der Waals surface area contributed by atoms with Crippen LogP contribution < -0.4 is 0 Å². The molecule has 1 saturated heterocycles. The van der Waals surface area contributed by atoms with Gasteiger partial charge >= 0.3 is 0 Å². The van der Waals surface area contributed by atoms with Crippen molar-refractivity contribution in [3.8, 4) is 0 Å². The summed E-state index contributed by atoms with van der Waals surface area (Å²) in [7, 11) is 0. The molecular formula is C12H16OS. The van der Waals surface area contributed by atoms with Crippen molar-refractivity contribution in [3.05, 3.63) is 34.9 Å². The van der Waals surface area contributed by atoms with Crippen molar-refractivity contribution in [1.29, 1.82) is 0 Å². The van der Waals surface area contributed by atoms with Crippen molar-refractivity contribution in [2.75, 3.05) is 11.5 Å². The second kappa shape index (κ2) is 3.59. The van der Waals surface area contributed by atoms with Crippen LogP contribution in [-0.2, 0) is 5.60 Å². The van der Waals surface area contributed by atoms with Crippen LogP contribution in [0.4, 0.5) is 0 Å². The Balaban J connectivity index is 2.40. The summed E-state index contributed by atoms with van der Waals surface area (Å²) in [4.78, 5) is 0. The Labute approximate surface area is 89.5 Å². The quantitative estimate of drug-likeness (QED) is 0.765. The molecular weight excluding hydrogens is 192 g/mol. The van der Waals surface area contributed by atoms with Gasteiger partial charge in [-0.25, -0.2) is 0 Å². The zero-order valence-corrected chi connectivity index (χ0v) is 9.53. The van der Waals surface area contributed by atoms with E-state index in [1.807, 2.05) is 11.8 Å². The number of hydrogen-bond acceptors (Lipinski definition) is 2. The molecule has 14 heavy (non-hydrogen) atoms. The van der Waals surface area contributed by atoms with E-state index in [0.29, 0.717) is 0 Å². The Hall–Kier alpha value is -0.470. The van der Waals surface area contributed by atoms with Gasteiger partial charge in [0.1, 0.15) is 0 Å². The summed E-state index contributed by atoms with van der Waals surface area (Å²) < 4.78 is 0. The number of aliphatic hydroxyl groups is 1. The van der Waals surface area contributed by atoms with E-state index in [0.717, 1.165) is 23.5 Å². The average molecular weight is 208 g/mol. The maximum absolute atomic E-state index is 10.4. The molecule has 1 unspecified atom stereocenters. The molecule has 1 fully saturated rings. The third-order valence-corrected chi connectivity index (χ3v) is 3.93. The number of benzene rings is 1.